The molecule has 0 saturated carbocycles. The zero-order valence-corrected chi connectivity index (χ0v) is 15.7. The van der Waals surface area contributed by atoms with Crippen molar-refractivity contribution in [1.29, 1.82) is 0 Å². The quantitative estimate of drug-likeness (QED) is 0.840. The van der Waals surface area contributed by atoms with E-state index >= 15 is 0 Å². The zero-order valence-electron chi connectivity index (χ0n) is 14.9. The lowest BCUT2D eigenvalue weighted by Crippen LogP contribution is -2.26. The van der Waals surface area contributed by atoms with Crippen molar-refractivity contribution in [3.63, 3.8) is 0 Å². The van der Waals surface area contributed by atoms with E-state index in [1.807, 2.05) is 24.3 Å². The smallest absolute Gasteiger partial charge is 0.240 e. The summed E-state index contributed by atoms with van der Waals surface area (Å²) in [6.45, 7) is 2.41. The van der Waals surface area contributed by atoms with Crippen LogP contribution in [0.25, 0.3) is 0 Å². The van der Waals surface area contributed by atoms with Gasteiger partial charge in [0.25, 0.3) is 0 Å². The third kappa shape index (κ3) is 3.89. The lowest BCUT2D eigenvalue weighted by Gasteiger charge is -2.15. The molecule has 0 atom stereocenters. The number of methoxy groups -OCH3 is 1. The highest BCUT2D eigenvalue weighted by molar-refractivity contribution is 7.89. The first-order valence-corrected chi connectivity index (χ1v) is 9.92. The molecule has 2 aromatic carbocycles. The third-order valence-electron chi connectivity index (χ3n) is 4.48. The standard InChI is InChI=1S/C19H22N2O4S/c1-14(22)21-11-9-16-13-18(6-7-19(16)21)26(23,24)20-10-8-15-4-3-5-17(12-15)25-2/h3-7,12-13,20H,8-11H2,1-2H3. The molecule has 1 N–H and O–H groups in total. The van der Waals surface area contributed by atoms with E-state index in [2.05, 4.69) is 4.72 Å². The van der Waals surface area contributed by atoms with E-state index < -0.39 is 10.0 Å². The van der Waals surface area contributed by atoms with Crippen LogP contribution in [0.4, 0.5) is 5.69 Å². The molecular formula is C19H22N2O4S. The number of ether oxygens (including phenoxy) is 1. The lowest BCUT2D eigenvalue weighted by atomic mass is 10.1. The van der Waals surface area contributed by atoms with Crippen LogP contribution in [0.3, 0.4) is 0 Å². The molecule has 26 heavy (non-hydrogen) atoms. The van der Waals surface area contributed by atoms with E-state index in [-0.39, 0.29) is 10.8 Å². The first-order chi connectivity index (χ1) is 12.4. The van der Waals surface area contributed by atoms with Crippen molar-refractivity contribution in [2.45, 2.75) is 24.7 Å². The molecule has 0 saturated heterocycles. The van der Waals surface area contributed by atoms with Gasteiger partial charge in [-0.15, -0.1) is 0 Å². The molecule has 6 nitrogen and oxygen atoms in total. The van der Waals surface area contributed by atoms with Crippen LogP contribution in [0, 0.1) is 0 Å². The molecule has 1 aliphatic rings. The SMILES string of the molecule is COc1cccc(CCNS(=O)(=O)c2ccc3c(c2)CCN3C(C)=O)c1. The summed E-state index contributed by atoms with van der Waals surface area (Å²) in [6, 6.07) is 12.5. The second kappa shape index (κ2) is 7.47. The van der Waals surface area contributed by atoms with E-state index in [1.54, 1.807) is 30.2 Å². The van der Waals surface area contributed by atoms with Gasteiger partial charge >= 0.3 is 0 Å². The molecule has 2 aromatic rings. The van der Waals surface area contributed by atoms with Gasteiger partial charge in [0.15, 0.2) is 0 Å². The molecule has 138 valence electrons. The number of hydrogen-bond acceptors (Lipinski definition) is 4. The first kappa shape index (κ1) is 18.4. The van der Waals surface area contributed by atoms with Crippen LogP contribution in [0.1, 0.15) is 18.1 Å². The summed E-state index contributed by atoms with van der Waals surface area (Å²) >= 11 is 0. The number of amides is 1. The molecule has 0 aromatic heterocycles. The fraction of sp³-hybridized carbons (Fsp3) is 0.316. The van der Waals surface area contributed by atoms with E-state index in [9.17, 15) is 13.2 Å². The fourth-order valence-corrected chi connectivity index (χ4v) is 4.20. The van der Waals surface area contributed by atoms with Crippen molar-refractivity contribution in [3.05, 3.63) is 53.6 Å². The Morgan fingerprint density at radius 1 is 1.23 bits per heavy atom. The van der Waals surface area contributed by atoms with Crippen LogP contribution in [0.2, 0.25) is 0 Å². The number of anilines is 1. The summed E-state index contributed by atoms with van der Waals surface area (Å²) in [5, 5.41) is 0. The number of nitrogens with one attached hydrogen (secondary N) is 1. The second-order valence-electron chi connectivity index (χ2n) is 6.21. The Bertz CT molecular complexity index is 925. The van der Waals surface area contributed by atoms with Crippen LogP contribution in [0.15, 0.2) is 47.4 Å². The van der Waals surface area contributed by atoms with Gasteiger partial charge in [0, 0.05) is 25.7 Å². The Kier molecular flexibility index (Phi) is 5.29. The molecule has 0 spiro atoms. The van der Waals surface area contributed by atoms with Crippen LogP contribution in [0.5, 0.6) is 5.75 Å². The summed E-state index contributed by atoms with van der Waals surface area (Å²) in [7, 11) is -1.99. The Labute approximate surface area is 153 Å². The average molecular weight is 374 g/mol. The minimum Gasteiger partial charge on any atom is -0.497 e. The molecule has 0 aliphatic carbocycles. The molecule has 7 heteroatoms. The minimum atomic E-state index is -3.59. The Morgan fingerprint density at radius 2 is 2.04 bits per heavy atom. The lowest BCUT2D eigenvalue weighted by molar-refractivity contribution is -0.116. The number of sulfonamides is 1. The fourth-order valence-electron chi connectivity index (χ4n) is 3.11. The Hall–Kier alpha value is -2.38. The maximum absolute atomic E-state index is 12.5. The Balaban J connectivity index is 1.68. The zero-order chi connectivity index (χ0) is 18.7. The van der Waals surface area contributed by atoms with Gasteiger partial charge < -0.3 is 9.64 Å². The van der Waals surface area contributed by atoms with Crippen LogP contribution in [-0.4, -0.2) is 34.5 Å². The molecule has 1 aliphatic heterocycles. The third-order valence-corrected chi connectivity index (χ3v) is 5.94. The molecule has 0 radical (unpaired) electrons. The largest absolute Gasteiger partial charge is 0.497 e. The van der Waals surface area contributed by atoms with Gasteiger partial charge in [-0.1, -0.05) is 12.1 Å². The van der Waals surface area contributed by atoms with Gasteiger partial charge in [-0.05, 0) is 54.3 Å². The highest BCUT2D eigenvalue weighted by atomic mass is 32.2. The summed E-state index contributed by atoms with van der Waals surface area (Å²) in [4.78, 5) is 13.5. The topological polar surface area (TPSA) is 75.7 Å². The van der Waals surface area contributed by atoms with Gasteiger partial charge in [-0.3, -0.25) is 4.79 Å². The van der Waals surface area contributed by atoms with E-state index in [0.29, 0.717) is 25.9 Å². The predicted molar refractivity (Wildman–Crippen MR) is 100 cm³/mol. The van der Waals surface area contributed by atoms with Gasteiger partial charge in [0.1, 0.15) is 5.75 Å². The van der Waals surface area contributed by atoms with E-state index in [4.69, 9.17) is 4.74 Å². The minimum absolute atomic E-state index is 0.0317. The number of hydrogen-bond donors (Lipinski definition) is 1. The number of carbonyl (C=O) groups excluding carboxylic acids is 1. The predicted octanol–water partition coefficient (Wildman–Crippen LogP) is 2.13. The van der Waals surface area contributed by atoms with Gasteiger partial charge in [0.2, 0.25) is 15.9 Å². The van der Waals surface area contributed by atoms with Crippen molar-refractivity contribution in [2.24, 2.45) is 0 Å². The van der Waals surface area contributed by atoms with E-state index in [1.165, 1.54) is 6.92 Å². The van der Waals surface area contributed by atoms with Gasteiger partial charge in [0.05, 0.1) is 12.0 Å². The Morgan fingerprint density at radius 3 is 2.77 bits per heavy atom. The van der Waals surface area contributed by atoms with E-state index in [0.717, 1.165) is 22.6 Å². The van der Waals surface area contributed by atoms with Gasteiger partial charge in [-0.2, -0.15) is 0 Å². The number of benzene rings is 2. The van der Waals surface area contributed by atoms with Crippen LogP contribution >= 0.6 is 0 Å². The summed E-state index contributed by atoms with van der Waals surface area (Å²) in [5.41, 5.74) is 2.68. The molecule has 0 unspecified atom stereocenters. The molecule has 3 rings (SSSR count). The van der Waals surface area contributed by atoms with Crippen molar-refractivity contribution in [1.82, 2.24) is 4.72 Å². The van der Waals surface area contributed by atoms with Crippen molar-refractivity contribution in [2.75, 3.05) is 25.1 Å². The first-order valence-electron chi connectivity index (χ1n) is 8.44. The van der Waals surface area contributed by atoms with Gasteiger partial charge in [-0.25, -0.2) is 13.1 Å². The number of nitrogens with zero attached hydrogens (tertiary/aromatic N) is 1. The van der Waals surface area contributed by atoms with Crippen molar-refractivity contribution >= 4 is 21.6 Å². The average Bonchev–Trinajstić information content (AvgIpc) is 3.05. The van der Waals surface area contributed by atoms with Crippen molar-refractivity contribution in [3.8, 4) is 5.75 Å². The second-order valence-corrected chi connectivity index (χ2v) is 7.98. The molecule has 1 heterocycles. The molecule has 0 fully saturated rings. The normalized spacial score (nSPS) is 13.5. The maximum Gasteiger partial charge on any atom is 0.240 e. The van der Waals surface area contributed by atoms with Crippen LogP contribution in [-0.2, 0) is 27.7 Å². The highest BCUT2D eigenvalue weighted by Gasteiger charge is 2.24. The molecule has 1 amide bonds. The summed E-state index contributed by atoms with van der Waals surface area (Å²) in [5.74, 6) is 0.717. The highest BCUT2D eigenvalue weighted by Crippen LogP contribution is 2.30. The maximum atomic E-state index is 12.5. The summed E-state index contributed by atoms with van der Waals surface area (Å²) < 4.78 is 32.9. The molecule has 0 bridgehead atoms. The number of fused-ring (bicyclic) bond motifs is 1. The monoisotopic (exact) mass is 374 g/mol. The van der Waals surface area contributed by atoms with Crippen LogP contribution < -0.4 is 14.4 Å². The van der Waals surface area contributed by atoms with Crippen molar-refractivity contribution < 1.29 is 17.9 Å². The summed E-state index contributed by atoms with van der Waals surface area (Å²) in [6.07, 6.45) is 1.24. The molecular weight excluding hydrogens is 352 g/mol. The number of rotatable bonds is 6. The number of carbonyl (C=O) groups is 1.